The zero-order valence-corrected chi connectivity index (χ0v) is 11.8. The summed E-state index contributed by atoms with van der Waals surface area (Å²) in [4.78, 5) is 1.28. The maximum Gasteiger partial charge on any atom is 0.140 e. The van der Waals surface area contributed by atoms with Crippen LogP contribution in [0.5, 0.6) is 0 Å². The SMILES string of the molecule is CNCc1cc(Cl)ccc1Sc1ccc(F)cc1F. The second-order valence-electron chi connectivity index (χ2n) is 3.96. The highest BCUT2D eigenvalue weighted by Gasteiger charge is 2.09. The summed E-state index contributed by atoms with van der Waals surface area (Å²) in [7, 11) is 1.83. The molecule has 19 heavy (non-hydrogen) atoms. The quantitative estimate of drug-likeness (QED) is 0.893. The molecule has 0 bridgehead atoms. The Hall–Kier alpha value is -1.10. The van der Waals surface area contributed by atoms with Crippen LogP contribution in [0.3, 0.4) is 0 Å². The second kappa shape index (κ2) is 6.37. The van der Waals surface area contributed by atoms with Gasteiger partial charge in [0.1, 0.15) is 11.6 Å². The summed E-state index contributed by atoms with van der Waals surface area (Å²) in [5.41, 5.74) is 0.976. The Balaban J connectivity index is 2.32. The molecule has 2 aromatic carbocycles. The van der Waals surface area contributed by atoms with Crippen LogP contribution in [0, 0.1) is 11.6 Å². The van der Waals surface area contributed by atoms with E-state index in [0.29, 0.717) is 16.5 Å². The van der Waals surface area contributed by atoms with Crippen molar-refractivity contribution < 1.29 is 8.78 Å². The number of halogens is 3. The molecule has 0 fully saturated rings. The van der Waals surface area contributed by atoms with E-state index in [-0.39, 0.29) is 0 Å². The van der Waals surface area contributed by atoms with Gasteiger partial charge in [-0.05, 0) is 42.9 Å². The molecule has 0 amide bonds. The lowest BCUT2D eigenvalue weighted by Gasteiger charge is -2.10. The van der Waals surface area contributed by atoms with Gasteiger partial charge in [0.15, 0.2) is 0 Å². The number of hydrogen-bond donors (Lipinski definition) is 1. The van der Waals surface area contributed by atoms with Gasteiger partial charge in [0.25, 0.3) is 0 Å². The van der Waals surface area contributed by atoms with Gasteiger partial charge in [-0.1, -0.05) is 23.4 Å². The van der Waals surface area contributed by atoms with Gasteiger partial charge < -0.3 is 5.32 Å². The minimum atomic E-state index is -0.576. The van der Waals surface area contributed by atoms with Gasteiger partial charge in [0, 0.05) is 27.4 Å². The van der Waals surface area contributed by atoms with Crippen LogP contribution in [0.25, 0.3) is 0 Å². The van der Waals surface area contributed by atoms with Gasteiger partial charge in [-0.15, -0.1) is 0 Å². The zero-order valence-electron chi connectivity index (χ0n) is 10.2. The summed E-state index contributed by atoms with van der Waals surface area (Å²) >= 11 is 7.20. The van der Waals surface area contributed by atoms with Crippen LogP contribution in [-0.2, 0) is 6.54 Å². The Labute approximate surface area is 120 Å². The number of nitrogens with one attached hydrogen (secondary N) is 1. The summed E-state index contributed by atoms with van der Waals surface area (Å²) in [5.74, 6) is -1.14. The van der Waals surface area contributed by atoms with Crippen LogP contribution in [0.4, 0.5) is 8.78 Å². The molecule has 100 valence electrons. The van der Waals surface area contributed by atoms with E-state index in [2.05, 4.69) is 5.32 Å². The predicted molar refractivity (Wildman–Crippen MR) is 74.7 cm³/mol. The smallest absolute Gasteiger partial charge is 0.140 e. The summed E-state index contributed by atoms with van der Waals surface area (Å²) in [6, 6.07) is 9.00. The van der Waals surface area contributed by atoms with Crippen LogP contribution in [0.15, 0.2) is 46.2 Å². The lowest BCUT2D eigenvalue weighted by atomic mass is 10.2. The first-order valence-corrected chi connectivity index (χ1v) is 6.85. The highest BCUT2D eigenvalue weighted by molar-refractivity contribution is 7.99. The zero-order chi connectivity index (χ0) is 13.8. The van der Waals surface area contributed by atoms with E-state index in [1.807, 2.05) is 19.2 Å². The number of benzene rings is 2. The first-order valence-electron chi connectivity index (χ1n) is 5.66. The molecule has 0 aliphatic heterocycles. The molecule has 0 radical (unpaired) electrons. The normalized spacial score (nSPS) is 10.7. The largest absolute Gasteiger partial charge is 0.316 e. The topological polar surface area (TPSA) is 12.0 Å². The Morgan fingerprint density at radius 2 is 1.84 bits per heavy atom. The van der Waals surface area contributed by atoms with Crippen LogP contribution in [-0.4, -0.2) is 7.05 Å². The molecule has 0 aromatic heterocycles. The fourth-order valence-corrected chi connectivity index (χ4v) is 2.78. The van der Waals surface area contributed by atoms with Gasteiger partial charge in [0.2, 0.25) is 0 Å². The summed E-state index contributed by atoms with van der Waals surface area (Å²) < 4.78 is 26.5. The highest BCUT2D eigenvalue weighted by Crippen LogP contribution is 2.33. The van der Waals surface area contributed by atoms with E-state index in [9.17, 15) is 8.78 Å². The van der Waals surface area contributed by atoms with Gasteiger partial charge in [-0.2, -0.15) is 0 Å². The van der Waals surface area contributed by atoms with Crippen molar-refractivity contribution in [1.29, 1.82) is 0 Å². The molecule has 0 unspecified atom stereocenters. The number of hydrogen-bond acceptors (Lipinski definition) is 2. The van der Waals surface area contributed by atoms with Crippen LogP contribution in [0.2, 0.25) is 5.02 Å². The summed E-state index contributed by atoms with van der Waals surface area (Å²) in [5, 5.41) is 3.67. The molecule has 0 atom stereocenters. The molecule has 0 saturated heterocycles. The molecule has 0 heterocycles. The van der Waals surface area contributed by atoms with Crippen molar-refractivity contribution in [3.05, 3.63) is 58.6 Å². The van der Waals surface area contributed by atoms with E-state index < -0.39 is 11.6 Å². The molecular formula is C14H12ClF2NS. The Morgan fingerprint density at radius 1 is 1.11 bits per heavy atom. The number of rotatable bonds is 4. The molecule has 0 aliphatic rings. The molecule has 1 nitrogen and oxygen atoms in total. The van der Waals surface area contributed by atoms with Crippen molar-refractivity contribution in [2.75, 3.05) is 7.05 Å². The fraction of sp³-hybridized carbons (Fsp3) is 0.143. The van der Waals surface area contributed by atoms with Crippen LogP contribution < -0.4 is 5.32 Å². The van der Waals surface area contributed by atoms with Gasteiger partial charge in [-0.3, -0.25) is 0 Å². The minimum Gasteiger partial charge on any atom is -0.316 e. The van der Waals surface area contributed by atoms with Crippen molar-refractivity contribution in [1.82, 2.24) is 5.32 Å². The Kier molecular flexibility index (Phi) is 4.80. The minimum absolute atomic E-state index is 0.390. The maximum atomic E-state index is 13.6. The van der Waals surface area contributed by atoms with Gasteiger partial charge >= 0.3 is 0 Å². The standard InChI is InChI=1S/C14H12ClF2NS/c1-18-8-9-6-10(15)2-4-13(9)19-14-5-3-11(16)7-12(14)17/h2-7,18H,8H2,1H3. The van der Waals surface area contributed by atoms with Crippen molar-refractivity contribution >= 4 is 23.4 Å². The first-order chi connectivity index (χ1) is 9.10. The first kappa shape index (κ1) is 14.3. The molecule has 0 aliphatic carbocycles. The average Bonchev–Trinajstić information content (AvgIpc) is 2.36. The molecule has 1 N–H and O–H groups in total. The summed E-state index contributed by atoms with van der Waals surface area (Å²) in [6.07, 6.45) is 0. The lowest BCUT2D eigenvalue weighted by molar-refractivity contribution is 0.565. The lowest BCUT2D eigenvalue weighted by Crippen LogP contribution is -2.06. The third-order valence-electron chi connectivity index (χ3n) is 2.50. The summed E-state index contributed by atoms with van der Waals surface area (Å²) in [6.45, 7) is 0.631. The Morgan fingerprint density at radius 3 is 2.53 bits per heavy atom. The third kappa shape index (κ3) is 3.69. The van der Waals surface area contributed by atoms with Gasteiger partial charge in [-0.25, -0.2) is 8.78 Å². The van der Waals surface area contributed by atoms with E-state index in [1.165, 1.54) is 23.9 Å². The van der Waals surface area contributed by atoms with E-state index in [1.54, 1.807) is 6.07 Å². The van der Waals surface area contributed by atoms with E-state index in [0.717, 1.165) is 16.5 Å². The molecule has 2 aromatic rings. The fourth-order valence-electron chi connectivity index (χ4n) is 1.65. The van der Waals surface area contributed by atoms with Crippen LogP contribution >= 0.6 is 23.4 Å². The van der Waals surface area contributed by atoms with E-state index in [4.69, 9.17) is 11.6 Å². The molecule has 0 spiro atoms. The van der Waals surface area contributed by atoms with Gasteiger partial charge in [0.05, 0.1) is 0 Å². The molecular weight excluding hydrogens is 288 g/mol. The van der Waals surface area contributed by atoms with Crippen LogP contribution in [0.1, 0.15) is 5.56 Å². The average molecular weight is 300 g/mol. The monoisotopic (exact) mass is 299 g/mol. The van der Waals surface area contributed by atoms with Crippen molar-refractivity contribution in [2.24, 2.45) is 0 Å². The molecule has 2 rings (SSSR count). The highest BCUT2D eigenvalue weighted by atomic mass is 35.5. The van der Waals surface area contributed by atoms with E-state index >= 15 is 0 Å². The van der Waals surface area contributed by atoms with Crippen molar-refractivity contribution in [2.45, 2.75) is 16.3 Å². The Bertz CT molecular complexity index is 590. The third-order valence-corrected chi connectivity index (χ3v) is 3.91. The van der Waals surface area contributed by atoms with Crippen molar-refractivity contribution in [3.8, 4) is 0 Å². The predicted octanol–water partition coefficient (Wildman–Crippen LogP) is 4.49. The molecule has 5 heteroatoms. The van der Waals surface area contributed by atoms with Crippen molar-refractivity contribution in [3.63, 3.8) is 0 Å². The maximum absolute atomic E-state index is 13.6. The second-order valence-corrected chi connectivity index (χ2v) is 5.48. The molecule has 0 saturated carbocycles.